The van der Waals surface area contributed by atoms with Crippen LogP contribution in [0, 0.1) is 0 Å². The summed E-state index contributed by atoms with van der Waals surface area (Å²) in [5, 5.41) is 0. The van der Waals surface area contributed by atoms with Crippen molar-refractivity contribution in [3.8, 4) is 0 Å². The summed E-state index contributed by atoms with van der Waals surface area (Å²) in [5.41, 5.74) is 0. The van der Waals surface area contributed by atoms with E-state index in [2.05, 4.69) is 69.4 Å². The van der Waals surface area contributed by atoms with Gasteiger partial charge in [0.05, 0.1) is 0 Å². The topological polar surface area (TPSA) is 78.9 Å². The molecule has 64 heavy (non-hydrogen) atoms. The first kappa shape index (κ1) is 61.4. The van der Waals surface area contributed by atoms with Crippen LogP contribution in [-0.2, 0) is 28.6 Å². The van der Waals surface area contributed by atoms with Gasteiger partial charge in [0.25, 0.3) is 0 Å². The van der Waals surface area contributed by atoms with Crippen LogP contribution >= 0.6 is 0 Å². The zero-order chi connectivity index (χ0) is 46.5. The molecule has 1 atom stereocenters. The van der Waals surface area contributed by atoms with Crippen LogP contribution in [0.5, 0.6) is 0 Å². The van der Waals surface area contributed by atoms with Crippen molar-refractivity contribution in [1.29, 1.82) is 0 Å². The third-order valence-electron chi connectivity index (χ3n) is 12.1. The average molecular weight is 897 g/mol. The van der Waals surface area contributed by atoms with E-state index >= 15 is 0 Å². The maximum absolute atomic E-state index is 12.8. The minimum absolute atomic E-state index is 0.0819. The van der Waals surface area contributed by atoms with Crippen molar-refractivity contribution in [3.05, 3.63) is 48.6 Å². The van der Waals surface area contributed by atoms with E-state index in [1.807, 2.05) is 0 Å². The molecular weight excluding hydrogens is 793 g/mol. The number of allylic oxidation sites excluding steroid dienone is 8. The van der Waals surface area contributed by atoms with Gasteiger partial charge in [0.1, 0.15) is 13.2 Å². The van der Waals surface area contributed by atoms with E-state index in [0.717, 1.165) is 83.5 Å². The number of rotatable bonds is 50. The quantitative estimate of drug-likeness (QED) is 0.0199. The van der Waals surface area contributed by atoms with Gasteiger partial charge < -0.3 is 14.2 Å². The highest BCUT2D eigenvalue weighted by molar-refractivity contribution is 5.71. The zero-order valence-electron chi connectivity index (χ0n) is 42.6. The lowest BCUT2D eigenvalue weighted by Crippen LogP contribution is -2.30. The minimum atomic E-state index is -0.782. The molecule has 0 rings (SSSR count). The van der Waals surface area contributed by atoms with E-state index in [0.29, 0.717) is 19.3 Å². The molecule has 0 aliphatic heterocycles. The maximum atomic E-state index is 12.8. The molecule has 0 aromatic carbocycles. The van der Waals surface area contributed by atoms with Gasteiger partial charge in [-0.15, -0.1) is 0 Å². The molecule has 0 saturated heterocycles. The number of unbranched alkanes of at least 4 members (excludes halogenated alkanes) is 33. The lowest BCUT2D eigenvalue weighted by molar-refractivity contribution is -0.167. The van der Waals surface area contributed by atoms with Crippen molar-refractivity contribution in [2.24, 2.45) is 0 Å². The highest BCUT2D eigenvalue weighted by atomic mass is 16.6. The van der Waals surface area contributed by atoms with Crippen LogP contribution in [0.25, 0.3) is 0 Å². The van der Waals surface area contributed by atoms with Crippen molar-refractivity contribution in [3.63, 3.8) is 0 Å². The van der Waals surface area contributed by atoms with Crippen molar-refractivity contribution in [2.45, 2.75) is 290 Å². The fourth-order valence-electron chi connectivity index (χ4n) is 7.90. The van der Waals surface area contributed by atoms with E-state index in [1.165, 1.54) is 161 Å². The Hall–Kier alpha value is -2.63. The number of carbonyl (C=O) groups excluding carboxylic acids is 3. The van der Waals surface area contributed by atoms with Crippen LogP contribution in [0.3, 0.4) is 0 Å². The molecule has 0 radical (unpaired) electrons. The summed E-state index contributed by atoms with van der Waals surface area (Å²) in [6.07, 6.45) is 63.8. The molecule has 0 aromatic rings. The van der Waals surface area contributed by atoms with Gasteiger partial charge in [0.15, 0.2) is 6.10 Å². The molecule has 6 nitrogen and oxygen atoms in total. The molecule has 0 fully saturated rings. The number of ether oxygens (including phenoxy) is 3. The predicted molar refractivity (Wildman–Crippen MR) is 275 cm³/mol. The van der Waals surface area contributed by atoms with Gasteiger partial charge in [-0.25, -0.2) is 0 Å². The molecule has 0 N–H and O–H groups in total. The molecule has 0 aliphatic carbocycles. The first-order valence-electron chi connectivity index (χ1n) is 27.7. The van der Waals surface area contributed by atoms with Crippen LogP contribution in [0.15, 0.2) is 48.6 Å². The third-order valence-corrected chi connectivity index (χ3v) is 12.1. The maximum Gasteiger partial charge on any atom is 0.306 e. The van der Waals surface area contributed by atoms with Crippen LogP contribution in [-0.4, -0.2) is 37.2 Å². The first-order chi connectivity index (χ1) is 31.5. The zero-order valence-corrected chi connectivity index (χ0v) is 42.6. The van der Waals surface area contributed by atoms with Crippen molar-refractivity contribution < 1.29 is 28.6 Å². The van der Waals surface area contributed by atoms with Gasteiger partial charge in [0.2, 0.25) is 0 Å². The second-order valence-corrected chi connectivity index (χ2v) is 18.6. The highest BCUT2D eigenvalue weighted by Gasteiger charge is 2.19. The van der Waals surface area contributed by atoms with E-state index in [-0.39, 0.29) is 31.1 Å². The Bertz CT molecular complexity index is 1120. The van der Waals surface area contributed by atoms with Crippen molar-refractivity contribution in [1.82, 2.24) is 0 Å². The summed E-state index contributed by atoms with van der Waals surface area (Å²) in [7, 11) is 0. The molecule has 0 spiro atoms. The number of carbonyl (C=O) groups is 3. The molecule has 372 valence electrons. The summed E-state index contributed by atoms with van der Waals surface area (Å²) in [5.74, 6) is -0.899. The number of hydrogen-bond donors (Lipinski definition) is 0. The SMILES string of the molecule is CCCC/C=C\CCCCCCCC(=O)OCC(COC(=O)CCCCCCC\C=C/C=C\C=C/CCCCCCC)OC(=O)CCCCCCCCCCCCCCCCCCC. The fraction of sp³-hybridized carbons (Fsp3) is 0.810. The fourth-order valence-corrected chi connectivity index (χ4v) is 7.90. The Morgan fingerprint density at radius 1 is 0.312 bits per heavy atom. The Kier molecular flexibility index (Phi) is 50.8. The molecule has 1 unspecified atom stereocenters. The van der Waals surface area contributed by atoms with E-state index in [9.17, 15) is 14.4 Å². The second-order valence-electron chi connectivity index (χ2n) is 18.6. The summed E-state index contributed by atoms with van der Waals surface area (Å²) < 4.78 is 16.8. The molecule has 0 heterocycles. The van der Waals surface area contributed by atoms with Gasteiger partial charge in [-0.2, -0.15) is 0 Å². The minimum Gasteiger partial charge on any atom is -0.462 e. The Labute approximate surface area is 397 Å². The van der Waals surface area contributed by atoms with Gasteiger partial charge in [0, 0.05) is 19.3 Å². The van der Waals surface area contributed by atoms with Crippen LogP contribution < -0.4 is 0 Å². The average Bonchev–Trinajstić information content (AvgIpc) is 3.29. The predicted octanol–water partition coefficient (Wildman–Crippen LogP) is 18.3. The van der Waals surface area contributed by atoms with E-state index in [4.69, 9.17) is 14.2 Å². The molecular formula is C58H104O6. The van der Waals surface area contributed by atoms with Gasteiger partial charge in [-0.05, 0) is 64.2 Å². The van der Waals surface area contributed by atoms with Gasteiger partial charge >= 0.3 is 17.9 Å². The lowest BCUT2D eigenvalue weighted by Gasteiger charge is -2.18. The third kappa shape index (κ3) is 50.4. The van der Waals surface area contributed by atoms with Crippen LogP contribution in [0.1, 0.15) is 284 Å². The Balaban J connectivity index is 4.37. The molecule has 6 heteroatoms. The smallest absolute Gasteiger partial charge is 0.306 e. The van der Waals surface area contributed by atoms with E-state index in [1.54, 1.807) is 0 Å². The number of hydrogen-bond acceptors (Lipinski definition) is 6. The summed E-state index contributed by atoms with van der Waals surface area (Å²) in [4.78, 5) is 38.0. The second kappa shape index (κ2) is 53.0. The normalized spacial score (nSPS) is 12.4. The molecule has 0 aliphatic rings. The largest absolute Gasteiger partial charge is 0.462 e. The summed E-state index contributed by atoms with van der Waals surface area (Å²) in [6, 6.07) is 0. The molecule has 0 amide bonds. The van der Waals surface area contributed by atoms with E-state index < -0.39 is 6.10 Å². The van der Waals surface area contributed by atoms with Crippen molar-refractivity contribution >= 4 is 17.9 Å². The van der Waals surface area contributed by atoms with Crippen LogP contribution in [0.4, 0.5) is 0 Å². The molecule has 0 bridgehead atoms. The molecule has 0 saturated carbocycles. The Morgan fingerprint density at radius 3 is 0.953 bits per heavy atom. The van der Waals surface area contributed by atoms with Gasteiger partial charge in [-0.1, -0.05) is 249 Å². The van der Waals surface area contributed by atoms with Crippen LogP contribution in [0.2, 0.25) is 0 Å². The Morgan fingerprint density at radius 2 is 0.594 bits per heavy atom. The summed E-state index contributed by atoms with van der Waals surface area (Å²) in [6.45, 7) is 6.59. The first-order valence-corrected chi connectivity index (χ1v) is 27.7. The van der Waals surface area contributed by atoms with Gasteiger partial charge in [-0.3, -0.25) is 14.4 Å². The monoisotopic (exact) mass is 897 g/mol. The van der Waals surface area contributed by atoms with Crippen molar-refractivity contribution in [2.75, 3.05) is 13.2 Å². The molecule has 0 aromatic heterocycles. The lowest BCUT2D eigenvalue weighted by atomic mass is 10.0. The standard InChI is InChI=1S/C58H104O6/c1-4-7-10-13-16-19-22-24-26-28-30-31-33-36-39-42-45-48-51-57(60)63-54-55(53-62-56(59)50-47-44-41-38-35-21-18-15-12-9-6-3)64-58(61)52-49-46-43-40-37-34-32-29-27-25-23-20-17-14-11-8-5-2/h15,18,22,24,26,28,30-31,55H,4-14,16-17,19-21,23,25,27,29,32-54H2,1-3H3/b18-15-,24-22-,28-26-,31-30-. The number of esters is 3. The highest BCUT2D eigenvalue weighted by Crippen LogP contribution is 2.16. The summed E-state index contributed by atoms with van der Waals surface area (Å²) >= 11 is 0.